The molecule has 7 heteroatoms. The molecule has 174 valence electrons. The van der Waals surface area contributed by atoms with Crippen LogP contribution in [-0.2, 0) is 13.1 Å². The van der Waals surface area contributed by atoms with Crippen molar-refractivity contribution in [3.8, 4) is 0 Å². The number of benzene rings is 2. The number of aromatic nitrogens is 1. The largest absolute Gasteiger partial charge is 1.00 e. The van der Waals surface area contributed by atoms with Gasteiger partial charge in [0.05, 0.1) is 0 Å². The molecule has 4 rings (SSSR count). The molecule has 1 N–H and O–H groups in total. The normalized spacial score (nSPS) is 17.3. The van der Waals surface area contributed by atoms with Crippen molar-refractivity contribution in [3.05, 3.63) is 106 Å². The number of likely N-dealkylation sites (tertiary alicyclic amines) is 1. The first-order valence-corrected chi connectivity index (χ1v) is 12.2. The number of nitrogens with one attached hydrogen (secondary N) is 1. The van der Waals surface area contributed by atoms with Crippen LogP contribution in [0.3, 0.4) is 0 Å². The summed E-state index contributed by atoms with van der Waals surface area (Å²) in [5.41, 5.74) is 3.30. The van der Waals surface area contributed by atoms with Gasteiger partial charge in [0, 0.05) is 25.5 Å². The van der Waals surface area contributed by atoms with E-state index in [2.05, 4.69) is 91.0 Å². The molecule has 1 fully saturated rings. The number of hydrogen-bond acceptors (Lipinski definition) is 4. The van der Waals surface area contributed by atoms with Crippen molar-refractivity contribution in [2.75, 3.05) is 13.1 Å². The molecule has 0 bridgehead atoms. The molecule has 1 saturated heterocycles. The topological polar surface area (TPSA) is 62.8 Å². The second-order valence-corrected chi connectivity index (χ2v) is 9.24. The number of fused-ring (bicyclic) bond motifs is 1. The Kier molecular flexibility index (Phi) is 11.0. The summed E-state index contributed by atoms with van der Waals surface area (Å²) in [4.78, 5) is 11.2. The summed E-state index contributed by atoms with van der Waals surface area (Å²) in [6.07, 6.45) is 14.6. The van der Waals surface area contributed by atoms with Crippen LogP contribution in [-0.4, -0.2) is 34.9 Å². The fourth-order valence-corrected chi connectivity index (χ4v) is 4.29. The van der Waals surface area contributed by atoms with Gasteiger partial charge in [-0.25, -0.2) is 0 Å². The number of nitrogens with zero attached hydrogens (tertiary/aromatic N) is 4. The number of rotatable bonds is 9. The average Bonchev–Trinajstić information content (AvgIpc) is 2.88. The van der Waals surface area contributed by atoms with Gasteiger partial charge < -0.3 is 15.7 Å². The van der Waals surface area contributed by atoms with Crippen LogP contribution in [0.5, 0.6) is 0 Å². The third-order valence-corrected chi connectivity index (χ3v) is 6.27. The number of pyridine rings is 1. The summed E-state index contributed by atoms with van der Waals surface area (Å²) in [5.74, 6) is 0.258. The molecule has 3 aromatic rings. The summed E-state index contributed by atoms with van der Waals surface area (Å²) < 4.78 is 0.408. The second-order valence-electron chi connectivity index (χ2n) is 8.38. The van der Waals surface area contributed by atoms with Crippen molar-refractivity contribution in [2.45, 2.75) is 25.9 Å². The van der Waals surface area contributed by atoms with Gasteiger partial charge in [0.2, 0.25) is 0 Å². The molecule has 1 aliphatic heterocycles. The maximum Gasteiger partial charge on any atom is 1.00 e. The molecule has 0 spiro atoms. The zero-order valence-corrected chi connectivity index (χ0v) is 21.6. The molecule has 1 atom stereocenters. The molecule has 1 aliphatic rings. The van der Waals surface area contributed by atoms with Crippen LogP contribution in [0.15, 0.2) is 82.5 Å². The third kappa shape index (κ3) is 8.30. The number of hydrogen-bond donors (Lipinski definition) is 1. The van der Waals surface area contributed by atoms with Gasteiger partial charge in [-0.1, -0.05) is 76.9 Å². The van der Waals surface area contributed by atoms with E-state index in [0.717, 1.165) is 50.0 Å². The molecule has 2 aromatic carbocycles. The predicted molar refractivity (Wildman–Crippen MR) is 143 cm³/mol. The monoisotopic (exact) mass is 519 g/mol. The van der Waals surface area contributed by atoms with E-state index in [4.69, 9.17) is 0 Å². The Morgan fingerprint density at radius 2 is 2.03 bits per heavy atom. The summed E-state index contributed by atoms with van der Waals surface area (Å²) in [7, 11) is 0. The van der Waals surface area contributed by atoms with E-state index >= 15 is 0 Å². The van der Waals surface area contributed by atoms with E-state index < -0.39 is 0 Å². The van der Waals surface area contributed by atoms with Crippen LogP contribution in [0.2, 0.25) is 0 Å². The van der Waals surface area contributed by atoms with Crippen LogP contribution in [0.4, 0.5) is 0 Å². The Labute approximate surface area is 228 Å². The first-order chi connectivity index (χ1) is 16.7. The Hall–Kier alpha value is -2.49. The SMILES string of the molecule is [Li+].[N-]=CC(Br)=[C-]N=C(C=[C-]NCc1cccnc1)C1CCCN(Cc2ccc3ccccc3c2)C1. The number of aliphatic imine (C=N–C) groups is 1. The Balaban J connectivity index is 0.00000342. The minimum absolute atomic E-state index is 0. The fraction of sp³-hybridized carbons (Fsp3) is 0.250. The minimum Gasteiger partial charge on any atom is -0.877 e. The van der Waals surface area contributed by atoms with Crippen LogP contribution >= 0.6 is 15.9 Å². The molecular weight excluding hydrogens is 493 g/mol. The van der Waals surface area contributed by atoms with Crippen molar-refractivity contribution in [2.24, 2.45) is 10.9 Å². The summed E-state index contributed by atoms with van der Waals surface area (Å²) in [5, 5.41) is 14.9. The molecule has 0 amide bonds. The Morgan fingerprint density at radius 1 is 1.17 bits per heavy atom. The van der Waals surface area contributed by atoms with Crippen molar-refractivity contribution in [1.82, 2.24) is 15.2 Å². The molecule has 0 aliphatic carbocycles. The van der Waals surface area contributed by atoms with E-state index in [1.165, 1.54) is 16.3 Å². The molecule has 0 saturated carbocycles. The first kappa shape index (κ1) is 27.1. The first-order valence-electron chi connectivity index (χ1n) is 11.5. The van der Waals surface area contributed by atoms with Gasteiger partial charge in [-0.05, 0) is 53.5 Å². The van der Waals surface area contributed by atoms with Gasteiger partial charge in [0.15, 0.2) is 0 Å². The van der Waals surface area contributed by atoms with Crippen molar-refractivity contribution in [3.63, 3.8) is 0 Å². The van der Waals surface area contributed by atoms with Crippen molar-refractivity contribution < 1.29 is 18.9 Å². The third-order valence-electron chi connectivity index (χ3n) is 5.89. The Bertz CT molecular complexity index is 1190. The van der Waals surface area contributed by atoms with Crippen LogP contribution in [0, 0.1) is 18.3 Å². The van der Waals surface area contributed by atoms with Gasteiger partial charge in [-0.3, -0.25) is 16.1 Å². The van der Waals surface area contributed by atoms with Crippen molar-refractivity contribution in [1.29, 1.82) is 0 Å². The van der Waals surface area contributed by atoms with Crippen molar-refractivity contribution >= 4 is 38.6 Å². The minimum atomic E-state index is 0. The van der Waals surface area contributed by atoms with E-state index in [1.807, 2.05) is 24.4 Å². The number of piperidine rings is 1. The molecular formula is C28H27BrLiN5-2. The standard InChI is InChI=1S/C28H27BrN5.Li/c29-27(16-30)19-33-28(11-13-32-18-23-5-3-12-31-17-23)26-8-4-14-34(21-26)20-22-9-10-24-6-1-2-7-25(24)15-22;/h1-3,5-7,9-12,15-17,26,32H,4,8,14,18,20-21H2;/q-3;+1. The van der Waals surface area contributed by atoms with E-state index in [1.54, 1.807) is 6.20 Å². The summed E-state index contributed by atoms with van der Waals surface area (Å²) in [6, 6.07) is 19.1. The second kappa shape index (κ2) is 14.2. The fourth-order valence-electron chi connectivity index (χ4n) is 4.20. The molecule has 1 aromatic heterocycles. The zero-order chi connectivity index (χ0) is 23.6. The quantitative estimate of drug-likeness (QED) is 0.204. The van der Waals surface area contributed by atoms with Gasteiger partial charge in [0.1, 0.15) is 0 Å². The van der Waals surface area contributed by atoms with Crippen LogP contribution < -0.4 is 24.2 Å². The van der Waals surface area contributed by atoms with Gasteiger partial charge in [-0.2, -0.15) is 12.3 Å². The summed E-state index contributed by atoms with van der Waals surface area (Å²) >= 11 is 3.24. The maximum absolute atomic E-state index is 9.19. The average molecular weight is 520 g/mol. The van der Waals surface area contributed by atoms with Gasteiger partial charge in [-0.15, -0.1) is 10.2 Å². The number of halogens is 1. The van der Waals surface area contributed by atoms with E-state index in [-0.39, 0.29) is 24.8 Å². The molecule has 0 radical (unpaired) electrons. The Morgan fingerprint density at radius 3 is 2.83 bits per heavy atom. The van der Waals surface area contributed by atoms with E-state index in [0.29, 0.717) is 11.0 Å². The molecule has 35 heavy (non-hydrogen) atoms. The smallest absolute Gasteiger partial charge is 0.877 e. The molecule has 5 nitrogen and oxygen atoms in total. The molecule has 1 unspecified atom stereocenters. The predicted octanol–water partition coefficient (Wildman–Crippen LogP) is 2.68. The number of allylic oxidation sites excluding steroid dienone is 2. The van der Waals surface area contributed by atoms with Gasteiger partial charge in [0.25, 0.3) is 0 Å². The van der Waals surface area contributed by atoms with Crippen LogP contribution in [0.1, 0.15) is 24.0 Å². The maximum atomic E-state index is 9.19. The van der Waals surface area contributed by atoms with E-state index in [9.17, 15) is 5.41 Å². The van der Waals surface area contributed by atoms with Crippen LogP contribution in [0.25, 0.3) is 16.2 Å². The molecule has 2 heterocycles. The zero-order valence-electron chi connectivity index (χ0n) is 20.0. The summed E-state index contributed by atoms with van der Waals surface area (Å²) in [6.45, 7) is 3.53. The van der Waals surface area contributed by atoms with Gasteiger partial charge >= 0.3 is 18.9 Å².